The predicted octanol–water partition coefficient (Wildman–Crippen LogP) is 5.68. The van der Waals surface area contributed by atoms with E-state index in [2.05, 4.69) is 26.6 Å². The van der Waals surface area contributed by atoms with Crippen molar-refractivity contribution in [2.24, 2.45) is 0 Å². The van der Waals surface area contributed by atoms with Crippen LogP contribution in [0.15, 0.2) is 71.2 Å². The number of amides is 2. The summed E-state index contributed by atoms with van der Waals surface area (Å²) in [5.41, 5.74) is 2.70. The highest BCUT2D eigenvalue weighted by Gasteiger charge is 2.10. The summed E-state index contributed by atoms with van der Waals surface area (Å²) in [6.45, 7) is 1.71. The SMILES string of the molecule is Cc1cc(NC(=O)COc2ccc(Cl)cc2Br)ccc1NC(=O)c1ccccc1. The quantitative estimate of drug-likeness (QED) is 0.484. The molecule has 0 atom stereocenters. The number of anilines is 2. The molecule has 148 valence electrons. The van der Waals surface area contributed by atoms with Gasteiger partial charge in [-0.05, 0) is 76.9 Å². The maximum absolute atomic E-state index is 12.3. The van der Waals surface area contributed by atoms with Crippen molar-refractivity contribution in [3.63, 3.8) is 0 Å². The topological polar surface area (TPSA) is 67.4 Å². The Morgan fingerprint density at radius 1 is 1.00 bits per heavy atom. The molecule has 0 unspecified atom stereocenters. The van der Waals surface area contributed by atoms with Crippen LogP contribution in [0.1, 0.15) is 15.9 Å². The van der Waals surface area contributed by atoms with Crippen LogP contribution in [0.5, 0.6) is 5.75 Å². The maximum atomic E-state index is 12.3. The first-order valence-corrected chi connectivity index (χ1v) is 9.94. The summed E-state index contributed by atoms with van der Waals surface area (Å²) in [4.78, 5) is 24.5. The lowest BCUT2D eigenvalue weighted by Crippen LogP contribution is -2.20. The van der Waals surface area contributed by atoms with E-state index in [1.165, 1.54) is 0 Å². The van der Waals surface area contributed by atoms with Crippen LogP contribution >= 0.6 is 27.5 Å². The first-order chi connectivity index (χ1) is 13.9. The molecule has 0 radical (unpaired) electrons. The van der Waals surface area contributed by atoms with Crippen molar-refractivity contribution in [3.05, 3.63) is 87.4 Å². The van der Waals surface area contributed by atoms with Gasteiger partial charge in [-0.15, -0.1) is 0 Å². The maximum Gasteiger partial charge on any atom is 0.262 e. The molecule has 0 saturated heterocycles. The van der Waals surface area contributed by atoms with Gasteiger partial charge in [0.1, 0.15) is 5.75 Å². The van der Waals surface area contributed by atoms with E-state index < -0.39 is 0 Å². The first kappa shape index (κ1) is 20.9. The normalized spacial score (nSPS) is 10.3. The number of nitrogens with one attached hydrogen (secondary N) is 2. The highest BCUT2D eigenvalue weighted by atomic mass is 79.9. The van der Waals surface area contributed by atoms with Gasteiger partial charge in [-0.25, -0.2) is 0 Å². The van der Waals surface area contributed by atoms with Gasteiger partial charge < -0.3 is 15.4 Å². The minimum absolute atomic E-state index is 0.147. The van der Waals surface area contributed by atoms with Crippen LogP contribution in [0.2, 0.25) is 5.02 Å². The number of ether oxygens (including phenoxy) is 1. The molecule has 0 saturated carbocycles. The van der Waals surface area contributed by atoms with Gasteiger partial charge >= 0.3 is 0 Å². The second-order valence-electron chi connectivity index (χ2n) is 6.26. The fraction of sp³-hybridized carbons (Fsp3) is 0.0909. The van der Waals surface area contributed by atoms with E-state index in [1.54, 1.807) is 48.5 Å². The number of rotatable bonds is 6. The van der Waals surface area contributed by atoms with Gasteiger partial charge in [-0.3, -0.25) is 9.59 Å². The Morgan fingerprint density at radius 2 is 1.76 bits per heavy atom. The largest absolute Gasteiger partial charge is 0.483 e. The molecule has 2 N–H and O–H groups in total. The van der Waals surface area contributed by atoms with Crippen molar-refractivity contribution in [1.29, 1.82) is 0 Å². The lowest BCUT2D eigenvalue weighted by atomic mass is 10.1. The lowest BCUT2D eigenvalue weighted by molar-refractivity contribution is -0.118. The Hall–Kier alpha value is -2.83. The Morgan fingerprint density at radius 3 is 2.45 bits per heavy atom. The van der Waals surface area contributed by atoms with E-state index in [9.17, 15) is 9.59 Å². The molecule has 0 aliphatic carbocycles. The smallest absolute Gasteiger partial charge is 0.262 e. The van der Waals surface area contributed by atoms with Crippen molar-refractivity contribution in [2.75, 3.05) is 17.2 Å². The molecule has 2 amide bonds. The van der Waals surface area contributed by atoms with Crippen LogP contribution in [0.25, 0.3) is 0 Å². The Labute approximate surface area is 182 Å². The van der Waals surface area contributed by atoms with Gasteiger partial charge in [0.25, 0.3) is 11.8 Å². The fourth-order valence-electron chi connectivity index (χ4n) is 2.60. The standard InChI is InChI=1S/C22H18BrClN2O3/c1-14-11-17(8-9-19(14)26-22(28)15-5-3-2-4-6-15)25-21(27)13-29-20-10-7-16(24)12-18(20)23/h2-12H,13H2,1H3,(H,25,27)(H,26,28). The van der Waals surface area contributed by atoms with Gasteiger partial charge in [0.15, 0.2) is 6.61 Å². The molecule has 0 aromatic heterocycles. The van der Waals surface area contributed by atoms with Crippen LogP contribution in [-0.2, 0) is 4.79 Å². The average molecular weight is 474 g/mol. The average Bonchev–Trinajstić information content (AvgIpc) is 2.70. The number of aryl methyl sites for hydroxylation is 1. The summed E-state index contributed by atoms with van der Waals surface area (Å²) in [6, 6.07) is 19.3. The van der Waals surface area contributed by atoms with E-state index in [-0.39, 0.29) is 18.4 Å². The van der Waals surface area contributed by atoms with Crippen molar-refractivity contribution in [1.82, 2.24) is 0 Å². The van der Waals surface area contributed by atoms with Crippen LogP contribution in [0, 0.1) is 6.92 Å². The van der Waals surface area contributed by atoms with Crippen LogP contribution in [0.3, 0.4) is 0 Å². The second kappa shape index (κ2) is 9.58. The molecular formula is C22H18BrClN2O3. The summed E-state index contributed by atoms with van der Waals surface area (Å²) in [6.07, 6.45) is 0. The molecule has 0 aliphatic heterocycles. The zero-order valence-corrected chi connectivity index (χ0v) is 17.9. The van der Waals surface area contributed by atoms with Gasteiger partial charge in [-0.2, -0.15) is 0 Å². The van der Waals surface area contributed by atoms with E-state index in [1.807, 2.05) is 25.1 Å². The van der Waals surface area contributed by atoms with E-state index in [4.69, 9.17) is 16.3 Å². The second-order valence-corrected chi connectivity index (χ2v) is 7.55. The monoisotopic (exact) mass is 472 g/mol. The number of benzene rings is 3. The summed E-state index contributed by atoms with van der Waals surface area (Å²) < 4.78 is 6.18. The van der Waals surface area contributed by atoms with Crippen molar-refractivity contribution in [3.8, 4) is 5.75 Å². The number of carbonyl (C=O) groups is 2. The van der Waals surface area contributed by atoms with E-state index in [0.717, 1.165) is 5.56 Å². The zero-order valence-electron chi connectivity index (χ0n) is 15.5. The van der Waals surface area contributed by atoms with E-state index >= 15 is 0 Å². The van der Waals surface area contributed by atoms with E-state index in [0.29, 0.717) is 32.2 Å². The van der Waals surface area contributed by atoms with Crippen molar-refractivity contribution < 1.29 is 14.3 Å². The number of halogens is 2. The Bertz CT molecular complexity index is 1040. The molecule has 0 aliphatic rings. The molecule has 29 heavy (non-hydrogen) atoms. The molecule has 5 nitrogen and oxygen atoms in total. The summed E-state index contributed by atoms with van der Waals surface area (Å²) >= 11 is 9.23. The third-order valence-corrected chi connectivity index (χ3v) is 4.90. The van der Waals surface area contributed by atoms with Gasteiger partial charge in [0.2, 0.25) is 0 Å². The minimum Gasteiger partial charge on any atom is -0.483 e. The highest BCUT2D eigenvalue weighted by molar-refractivity contribution is 9.10. The lowest BCUT2D eigenvalue weighted by Gasteiger charge is -2.12. The highest BCUT2D eigenvalue weighted by Crippen LogP contribution is 2.28. The molecule has 0 fully saturated rings. The Kier molecular flexibility index (Phi) is 6.90. The summed E-state index contributed by atoms with van der Waals surface area (Å²) in [5, 5.41) is 6.22. The number of hydrogen-bond donors (Lipinski definition) is 2. The molecular weight excluding hydrogens is 456 g/mol. The fourth-order valence-corrected chi connectivity index (χ4v) is 3.40. The molecule has 0 spiro atoms. The first-order valence-electron chi connectivity index (χ1n) is 8.77. The van der Waals surface area contributed by atoms with Crippen LogP contribution in [-0.4, -0.2) is 18.4 Å². The Balaban J connectivity index is 1.58. The summed E-state index contributed by atoms with van der Waals surface area (Å²) in [7, 11) is 0. The number of carbonyl (C=O) groups excluding carboxylic acids is 2. The van der Waals surface area contributed by atoms with Crippen LogP contribution < -0.4 is 15.4 Å². The summed E-state index contributed by atoms with van der Waals surface area (Å²) in [5.74, 6) is 0.0412. The molecule has 0 heterocycles. The minimum atomic E-state index is -0.299. The predicted molar refractivity (Wildman–Crippen MR) is 119 cm³/mol. The van der Waals surface area contributed by atoms with Crippen molar-refractivity contribution >= 4 is 50.7 Å². The third-order valence-electron chi connectivity index (χ3n) is 4.05. The van der Waals surface area contributed by atoms with Gasteiger partial charge in [0, 0.05) is 22.0 Å². The molecule has 7 heteroatoms. The molecule has 3 rings (SSSR count). The zero-order chi connectivity index (χ0) is 20.8. The van der Waals surface area contributed by atoms with Gasteiger partial charge in [-0.1, -0.05) is 29.8 Å². The molecule has 3 aromatic carbocycles. The molecule has 3 aromatic rings. The van der Waals surface area contributed by atoms with Crippen molar-refractivity contribution in [2.45, 2.75) is 6.92 Å². The van der Waals surface area contributed by atoms with Gasteiger partial charge in [0.05, 0.1) is 4.47 Å². The van der Waals surface area contributed by atoms with Crippen LogP contribution in [0.4, 0.5) is 11.4 Å². The third kappa shape index (κ3) is 5.82. The molecule has 0 bridgehead atoms. The number of hydrogen-bond acceptors (Lipinski definition) is 3.